The zero-order valence-corrected chi connectivity index (χ0v) is 39.6. The molecule has 0 unspecified atom stereocenters. The first kappa shape index (κ1) is 54.8. The molecule has 17 nitrogen and oxygen atoms in total. The number of nitrogen functional groups attached to an aromatic ring is 1. The monoisotopic (exact) mass is 1060 g/mol. The molecule has 2 aromatic heterocycles. The Morgan fingerprint density at radius 2 is 1.04 bits per heavy atom. The van der Waals surface area contributed by atoms with E-state index in [2.05, 4.69) is 40.3 Å². The Labute approximate surface area is 411 Å². The zero-order valence-electron chi connectivity index (χ0n) is 37.9. The number of benzene rings is 6. The van der Waals surface area contributed by atoms with Crippen molar-refractivity contribution in [3.05, 3.63) is 178 Å². The SMILES string of the molecule is CNS(=O)(=O)c1ccc(Cc2cccc(C(F)(F)F)c2)c(-c2nnn(Cc3ccccc3F)n2)c1.CNS(=O)(=O)c1ccc(N)c(-c2nnn(Cc3ccccc3F)n2)c1.OB(O)c1cccc(C(F)(F)F)c1. The van der Waals surface area contributed by atoms with Gasteiger partial charge in [0.05, 0.1) is 34.0 Å². The first-order chi connectivity index (χ1) is 34.4. The summed E-state index contributed by atoms with van der Waals surface area (Å²) in [7, 11) is -6.75. The highest BCUT2D eigenvalue weighted by molar-refractivity contribution is 7.89. The smallest absolute Gasteiger partial charge is 0.423 e. The van der Waals surface area contributed by atoms with Crippen LogP contribution >= 0.6 is 0 Å². The molecule has 0 amide bonds. The Morgan fingerprint density at radius 1 is 0.575 bits per heavy atom. The van der Waals surface area contributed by atoms with E-state index in [0.29, 0.717) is 39.6 Å². The number of sulfonamides is 2. The normalized spacial score (nSPS) is 11.8. The highest BCUT2D eigenvalue weighted by Gasteiger charge is 2.32. The fraction of sp³-hybridized carbons (Fsp3) is 0.156. The quantitative estimate of drug-likeness (QED) is 0.0549. The number of nitrogens with two attached hydrogens (primary N) is 1. The molecule has 382 valence electrons. The van der Waals surface area contributed by atoms with Gasteiger partial charge >= 0.3 is 19.5 Å². The minimum atomic E-state index is -4.50. The van der Waals surface area contributed by atoms with Crippen molar-refractivity contribution in [3.8, 4) is 22.8 Å². The van der Waals surface area contributed by atoms with E-state index in [1.54, 1.807) is 42.5 Å². The van der Waals surface area contributed by atoms with Crippen LogP contribution in [0, 0.1) is 11.6 Å². The number of nitrogens with zero attached hydrogens (tertiary/aromatic N) is 8. The van der Waals surface area contributed by atoms with Crippen molar-refractivity contribution in [2.24, 2.45) is 0 Å². The van der Waals surface area contributed by atoms with Gasteiger partial charge in [0.15, 0.2) is 0 Å². The van der Waals surface area contributed by atoms with Crippen molar-refractivity contribution >= 4 is 38.3 Å². The van der Waals surface area contributed by atoms with Crippen LogP contribution in [-0.4, -0.2) is 88.5 Å². The molecule has 0 spiro atoms. The topological polar surface area (TPSA) is 246 Å². The number of tetrazole rings is 2. The number of alkyl halides is 6. The van der Waals surface area contributed by atoms with Crippen LogP contribution < -0.4 is 20.6 Å². The van der Waals surface area contributed by atoms with E-state index in [1.807, 2.05) is 0 Å². The fourth-order valence-electron chi connectivity index (χ4n) is 6.56. The van der Waals surface area contributed by atoms with Gasteiger partial charge in [0.2, 0.25) is 31.7 Å². The van der Waals surface area contributed by atoms with Crippen LogP contribution in [0.15, 0.2) is 143 Å². The minimum Gasteiger partial charge on any atom is -0.423 e. The number of anilines is 1. The number of halogens is 8. The van der Waals surface area contributed by atoms with Gasteiger partial charge in [-0.2, -0.15) is 35.9 Å². The summed E-state index contributed by atoms with van der Waals surface area (Å²) in [6, 6.07) is 29.5. The molecule has 0 radical (unpaired) electrons. The first-order valence-corrected chi connectivity index (χ1v) is 24.0. The van der Waals surface area contributed by atoms with Crippen LogP contribution in [-0.2, 0) is 51.9 Å². The fourth-order valence-corrected chi connectivity index (χ4v) is 8.08. The number of hydrogen-bond donors (Lipinski definition) is 5. The maximum absolute atomic E-state index is 14.0. The molecule has 0 aliphatic heterocycles. The summed E-state index contributed by atoms with van der Waals surface area (Å²) < 4.78 is 156. The predicted molar refractivity (Wildman–Crippen MR) is 250 cm³/mol. The Kier molecular flexibility index (Phi) is 17.2. The Bertz CT molecular complexity index is 3440. The van der Waals surface area contributed by atoms with Crippen molar-refractivity contribution in [2.75, 3.05) is 19.8 Å². The van der Waals surface area contributed by atoms with Gasteiger partial charge in [-0.1, -0.05) is 84.9 Å². The van der Waals surface area contributed by atoms with Gasteiger partial charge in [-0.15, -0.1) is 20.4 Å². The molecule has 0 aliphatic carbocycles. The summed E-state index contributed by atoms with van der Waals surface area (Å²) in [6.45, 7) is 0.0746. The van der Waals surface area contributed by atoms with Crippen LogP contribution in [0.2, 0.25) is 0 Å². The molecule has 6 aromatic carbocycles. The van der Waals surface area contributed by atoms with Gasteiger partial charge in [-0.05, 0) is 96.1 Å². The average molecular weight is 1060 g/mol. The summed E-state index contributed by atoms with van der Waals surface area (Å²) in [5.74, 6) is -0.611. The Hall–Kier alpha value is -7.50. The lowest BCUT2D eigenvalue weighted by Crippen LogP contribution is -2.30. The van der Waals surface area contributed by atoms with Gasteiger partial charge in [0.25, 0.3) is 0 Å². The van der Waals surface area contributed by atoms with Crippen LogP contribution in [0.5, 0.6) is 0 Å². The lowest BCUT2D eigenvalue weighted by atomic mass is 9.79. The van der Waals surface area contributed by atoms with Crippen LogP contribution in [0.3, 0.4) is 0 Å². The van der Waals surface area contributed by atoms with Crippen molar-refractivity contribution in [3.63, 3.8) is 0 Å². The van der Waals surface area contributed by atoms with E-state index in [4.69, 9.17) is 15.8 Å². The number of hydrogen-bond acceptors (Lipinski definition) is 13. The summed E-state index contributed by atoms with van der Waals surface area (Å²) in [6.07, 6.45) is -8.90. The van der Waals surface area contributed by atoms with Gasteiger partial charge in [0, 0.05) is 27.9 Å². The maximum atomic E-state index is 14.0. The van der Waals surface area contributed by atoms with Crippen LogP contribution in [0.4, 0.5) is 40.8 Å². The second-order valence-electron chi connectivity index (χ2n) is 15.3. The maximum Gasteiger partial charge on any atom is 0.488 e. The molecule has 0 atom stereocenters. The number of aromatic nitrogens is 8. The Morgan fingerprint density at radius 3 is 1.53 bits per heavy atom. The summed E-state index contributed by atoms with van der Waals surface area (Å²) >= 11 is 0. The predicted octanol–water partition coefficient (Wildman–Crippen LogP) is 5.45. The zero-order chi connectivity index (χ0) is 53.3. The van der Waals surface area contributed by atoms with E-state index < -0.39 is 56.5 Å². The van der Waals surface area contributed by atoms with E-state index in [9.17, 15) is 52.0 Å². The average Bonchev–Trinajstić information content (AvgIpc) is 4.03. The van der Waals surface area contributed by atoms with Crippen LogP contribution in [0.25, 0.3) is 22.8 Å². The van der Waals surface area contributed by atoms with Crippen molar-refractivity contribution in [2.45, 2.75) is 41.7 Å². The highest BCUT2D eigenvalue weighted by atomic mass is 32.2. The lowest BCUT2D eigenvalue weighted by Gasteiger charge is -2.12. The van der Waals surface area contributed by atoms with Crippen molar-refractivity contribution in [1.29, 1.82) is 0 Å². The molecule has 73 heavy (non-hydrogen) atoms. The molecule has 8 rings (SSSR count). The minimum absolute atomic E-state index is 0.0167. The molecule has 8 aromatic rings. The van der Waals surface area contributed by atoms with E-state index in [1.165, 1.54) is 79.6 Å². The van der Waals surface area contributed by atoms with E-state index in [0.717, 1.165) is 29.1 Å². The van der Waals surface area contributed by atoms with Gasteiger partial charge in [-0.25, -0.2) is 35.1 Å². The molecule has 0 bridgehead atoms. The molecule has 0 aliphatic rings. The summed E-state index contributed by atoms with van der Waals surface area (Å²) in [5, 5.41) is 41.3. The Balaban J connectivity index is 0.000000198. The first-order valence-electron chi connectivity index (χ1n) is 21.0. The summed E-state index contributed by atoms with van der Waals surface area (Å²) in [5.41, 5.74) is 6.55. The van der Waals surface area contributed by atoms with Gasteiger partial charge in [-0.3, -0.25) is 0 Å². The molecular formula is C45H40BF8N11O6S2. The highest BCUT2D eigenvalue weighted by Crippen LogP contribution is 2.32. The van der Waals surface area contributed by atoms with Crippen molar-refractivity contribution in [1.82, 2.24) is 49.9 Å². The van der Waals surface area contributed by atoms with Crippen LogP contribution in [0.1, 0.15) is 33.4 Å². The van der Waals surface area contributed by atoms with Crippen molar-refractivity contribution < 1.29 is 62.0 Å². The second-order valence-corrected chi connectivity index (χ2v) is 19.1. The molecule has 0 saturated heterocycles. The molecular weight excluding hydrogens is 1020 g/mol. The molecule has 28 heteroatoms. The van der Waals surface area contributed by atoms with Gasteiger partial charge in [0.1, 0.15) is 11.6 Å². The standard InChI is InChI=1S/C23H19F4N5O2S.C15H15FN6O2S.C7H6BF3O2/c1-28-35(33,34)19-10-9-16(11-15-5-4-7-18(12-15)23(25,26)27)20(13-19)22-29-31-32(30-22)14-17-6-2-3-8-21(17)24;1-18-25(23,24)11-6-7-14(17)12(8-11)15-19-21-22(20-15)9-10-4-2-3-5-13(10)16;9-7(10,11)5-2-1-3-6(4-5)8(12)13/h2-10,12-13,28H,11,14H2,1H3;2-8,18H,9,17H2,1H3;1-4,12-13H. The third-order valence-corrected chi connectivity index (χ3v) is 13.2. The second kappa shape index (κ2) is 22.9. The third-order valence-electron chi connectivity index (χ3n) is 10.4. The lowest BCUT2D eigenvalue weighted by molar-refractivity contribution is -0.138. The molecule has 6 N–H and O–H groups in total. The third kappa shape index (κ3) is 14.4. The van der Waals surface area contributed by atoms with E-state index in [-0.39, 0.29) is 57.8 Å². The largest absolute Gasteiger partial charge is 0.488 e. The van der Waals surface area contributed by atoms with Gasteiger partial charge < -0.3 is 15.8 Å². The number of nitrogens with one attached hydrogen (secondary N) is 2. The number of rotatable bonds is 13. The molecule has 0 saturated carbocycles. The molecule has 2 heterocycles. The molecule has 0 fully saturated rings. The van der Waals surface area contributed by atoms with E-state index >= 15 is 0 Å². The summed E-state index contributed by atoms with van der Waals surface area (Å²) in [4.78, 5) is 2.32.